The van der Waals surface area contributed by atoms with Crippen molar-refractivity contribution in [2.75, 3.05) is 0 Å². The quantitative estimate of drug-likeness (QED) is 0.812. The highest BCUT2D eigenvalue weighted by molar-refractivity contribution is 9.10. The molecule has 0 aliphatic carbocycles. The first kappa shape index (κ1) is 11.5. The zero-order valence-corrected chi connectivity index (χ0v) is 9.92. The van der Waals surface area contributed by atoms with E-state index in [0.717, 1.165) is 28.4 Å². The van der Waals surface area contributed by atoms with Gasteiger partial charge in [0.25, 0.3) is 0 Å². The van der Waals surface area contributed by atoms with Gasteiger partial charge in [0, 0.05) is 4.47 Å². The highest BCUT2D eigenvalue weighted by atomic mass is 79.9. The third-order valence-electron chi connectivity index (χ3n) is 2.09. The lowest BCUT2D eigenvalue weighted by Gasteiger charge is -2.11. The molecule has 0 fully saturated rings. The van der Waals surface area contributed by atoms with Crippen LogP contribution < -0.4 is 0 Å². The average molecular weight is 255 g/mol. The van der Waals surface area contributed by atoms with E-state index < -0.39 is 0 Å². The fourth-order valence-corrected chi connectivity index (χ4v) is 2.02. The van der Waals surface area contributed by atoms with Gasteiger partial charge in [-0.1, -0.05) is 28.1 Å². The van der Waals surface area contributed by atoms with Gasteiger partial charge in [0.2, 0.25) is 0 Å². The summed E-state index contributed by atoms with van der Waals surface area (Å²) in [5, 5.41) is 9.83. The summed E-state index contributed by atoms with van der Waals surface area (Å²) in [5.41, 5.74) is 2.13. The molecule has 1 aromatic rings. The highest BCUT2D eigenvalue weighted by Gasteiger charge is 2.07. The van der Waals surface area contributed by atoms with Gasteiger partial charge in [-0.15, -0.1) is 6.58 Å². The Balaban J connectivity index is 2.78. The smallest absolute Gasteiger partial charge is 0.0793 e. The second-order valence-corrected chi connectivity index (χ2v) is 4.36. The van der Waals surface area contributed by atoms with Crippen LogP contribution in [0.25, 0.3) is 0 Å². The average Bonchev–Trinajstić information content (AvgIpc) is 2.12. The maximum absolute atomic E-state index is 9.83. The van der Waals surface area contributed by atoms with Crippen molar-refractivity contribution in [2.24, 2.45) is 0 Å². The lowest BCUT2D eigenvalue weighted by Crippen LogP contribution is -1.97. The summed E-state index contributed by atoms with van der Waals surface area (Å²) < 4.78 is 1.02. The molecule has 14 heavy (non-hydrogen) atoms. The van der Waals surface area contributed by atoms with Gasteiger partial charge in [0.15, 0.2) is 0 Å². The molecule has 0 spiro atoms. The monoisotopic (exact) mass is 254 g/mol. The fourth-order valence-electron chi connectivity index (χ4n) is 1.40. The van der Waals surface area contributed by atoms with Crippen LogP contribution in [0.2, 0.25) is 0 Å². The topological polar surface area (TPSA) is 20.2 Å². The number of aliphatic hydroxyl groups excluding tert-OH is 1. The van der Waals surface area contributed by atoms with Crippen molar-refractivity contribution in [2.45, 2.75) is 25.9 Å². The van der Waals surface area contributed by atoms with E-state index >= 15 is 0 Å². The van der Waals surface area contributed by atoms with Gasteiger partial charge in [0.1, 0.15) is 0 Å². The minimum Gasteiger partial charge on any atom is -0.388 e. The van der Waals surface area contributed by atoms with Crippen LogP contribution >= 0.6 is 15.9 Å². The van der Waals surface area contributed by atoms with Crippen LogP contribution in [0.3, 0.4) is 0 Å². The van der Waals surface area contributed by atoms with Crippen LogP contribution in [0.4, 0.5) is 0 Å². The number of allylic oxidation sites excluding steroid dienone is 1. The van der Waals surface area contributed by atoms with E-state index in [1.807, 2.05) is 31.2 Å². The highest BCUT2D eigenvalue weighted by Crippen LogP contribution is 2.23. The van der Waals surface area contributed by atoms with Crippen molar-refractivity contribution in [3.8, 4) is 0 Å². The molecular formula is C12H15BrO. The maximum Gasteiger partial charge on any atom is 0.0793 e. The predicted octanol–water partition coefficient (Wildman–Crippen LogP) is 3.76. The normalized spacial score (nSPS) is 12.5. The molecule has 0 saturated heterocycles. The van der Waals surface area contributed by atoms with Crippen LogP contribution in [-0.2, 0) is 0 Å². The molecule has 0 aromatic heterocycles. The second-order valence-electron chi connectivity index (χ2n) is 3.44. The van der Waals surface area contributed by atoms with E-state index in [1.54, 1.807) is 0 Å². The van der Waals surface area contributed by atoms with Crippen LogP contribution in [0, 0.1) is 6.92 Å². The summed E-state index contributed by atoms with van der Waals surface area (Å²) in [6.07, 6.45) is 3.02. The molecule has 1 atom stereocenters. The SMILES string of the molecule is C=CCCC(O)c1cc(C)cc(Br)c1. The summed E-state index contributed by atoms with van der Waals surface area (Å²) in [5.74, 6) is 0. The number of rotatable bonds is 4. The summed E-state index contributed by atoms with van der Waals surface area (Å²) in [6, 6.07) is 6.00. The Hall–Kier alpha value is -0.600. The van der Waals surface area contributed by atoms with Crippen molar-refractivity contribution in [3.05, 3.63) is 46.5 Å². The van der Waals surface area contributed by atoms with Gasteiger partial charge in [-0.05, 0) is 43.0 Å². The van der Waals surface area contributed by atoms with Gasteiger partial charge in [0.05, 0.1) is 6.10 Å². The molecule has 0 bridgehead atoms. The molecule has 0 saturated carbocycles. The molecule has 1 unspecified atom stereocenters. The van der Waals surface area contributed by atoms with Crippen molar-refractivity contribution in [3.63, 3.8) is 0 Å². The van der Waals surface area contributed by atoms with Crippen LogP contribution in [0.15, 0.2) is 35.3 Å². The largest absolute Gasteiger partial charge is 0.388 e. The lowest BCUT2D eigenvalue weighted by atomic mass is 10.0. The molecule has 1 aromatic carbocycles. The minimum absolute atomic E-state index is 0.385. The first-order valence-corrected chi connectivity index (χ1v) is 5.49. The Labute approximate surface area is 93.6 Å². The third-order valence-corrected chi connectivity index (χ3v) is 2.55. The van der Waals surface area contributed by atoms with Crippen LogP contribution in [-0.4, -0.2) is 5.11 Å². The zero-order valence-electron chi connectivity index (χ0n) is 8.33. The number of aliphatic hydroxyl groups is 1. The third kappa shape index (κ3) is 3.28. The Morgan fingerprint density at radius 1 is 1.50 bits per heavy atom. The van der Waals surface area contributed by atoms with E-state index in [0.29, 0.717) is 0 Å². The van der Waals surface area contributed by atoms with Crippen molar-refractivity contribution in [1.29, 1.82) is 0 Å². The zero-order chi connectivity index (χ0) is 10.6. The van der Waals surface area contributed by atoms with Gasteiger partial charge in [-0.25, -0.2) is 0 Å². The molecule has 0 amide bonds. The maximum atomic E-state index is 9.83. The number of aryl methyl sites for hydroxylation is 1. The van der Waals surface area contributed by atoms with E-state index in [4.69, 9.17) is 0 Å². The van der Waals surface area contributed by atoms with E-state index in [2.05, 4.69) is 22.5 Å². The van der Waals surface area contributed by atoms with Crippen LogP contribution in [0.5, 0.6) is 0 Å². The summed E-state index contributed by atoms with van der Waals surface area (Å²) in [7, 11) is 0. The lowest BCUT2D eigenvalue weighted by molar-refractivity contribution is 0.168. The molecule has 0 heterocycles. The molecule has 1 nitrogen and oxygen atoms in total. The van der Waals surface area contributed by atoms with Gasteiger partial charge >= 0.3 is 0 Å². The van der Waals surface area contributed by atoms with Crippen molar-refractivity contribution < 1.29 is 5.11 Å². The molecule has 0 aliphatic rings. The summed E-state index contributed by atoms with van der Waals surface area (Å²) in [4.78, 5) is 0. The first-order valence-electron chi connectivity index (χ1n) is 4.69. The van der Waals surface area contributed by atoms with Crippen molar-refractivity contribution >= 4 is 15.9 Å². The molecular weight excluding hydrogens is 240 g/mol. The summed E-state index contributed by atoms with van der Waals surface area (Å²) in [6.45, 7) is 5.66. The number of hydrogen-bond acceptors (Lipinski definition) is 1. The molecule has 0 radical (unpaired) electrons. The molecule has 0 aliphatic heterocycles. The Morgan fingerprint density at radius 3 is 2.79 bits per heavy atom. The Morgan fingerprint density at radius 2 is 2.21 bits per heavy atom. The standard InChI is InChI=1S/C12H15BrO/c1-3-4-5-12(14)10-6-9(2)7-11(13)8-10/h3,6-8,12,14H,1,4-5H2,2H3. The van der Waals surface area contributed by atoms with Gasteiger partial charge in [-0.2, -0.15) is 0 Å². The van der Waals surface area contributed by atoms with Gasteiger partial charge < -0.3 is 5.11 Å². The Bertz CT molecular complexity index is 300. The van der Waals surface area contributed by atoms with E-state index in [1.165, 1.54) is 0 Å². The molecule has 1 N–H and O–H groups in total. The number of halogens is 1. The first-order chi connectivity index (χ1) is 6.63. The van der Waals surface area contributed by atoms with E-state index in [-0.39, 0.29) is 6.10 Å². The summed E-state index contributed by atoms with van der Waals surface area (Å²) >= 11 is 3.42. The Kier molecular flexibility index (Phi) is 4.36. The fraction of sp³-hybridized carbons (Fsp3) is 0.333. The molecule has 76 valence electrons. The molecule has 2 heteroatoms. The second kappa shape index (κ2) is 5.32. The van der Waals surface area contributed by atoms with E-state index in [9.17, 15) is 5.11 Å². The number of hydrogen-bond donors (Lipinski definition) is 1. The molecule has 1 rings (SSSR count). The number of benzene rings is 1. The van der Waals surface area contributed by atoms with Gasteiger partial charge in [-0.3, -0.25) is 0 Å². The predicted molar refractivity (Wildman–Crippen MR) is 63.3 cm³/mol. The van der Waals surface area contributed by atoms with Crippen LogP contribution in [0.1, 0.15) is 30.1 Å². The minimum atomic E-state index is -0.385. The van der Waals surface area contributed by atoms with Crippen molar-refractivity contribution in [1.82, 2.24) is 0 Å².